The Bertz CT molecular complexity index is 553. The second-order valence-electron chi connectivity index (χ2n) is 6.82. The van der Waals surface area contributed by atoms with E-state index >= 15 is 0 Å². The zero-order chi connectivity index (χ0) is 17.4. The molecule has 0 radical (unpaired) electrons. The first-order valence-electron chi connectivity index (χ1n) is 7.48. The number of hydrogen-bond donors (Lipinski definition) is 2. The Balaban J connectivity index is 2.26. The molecular weight excluding hydrogens is 304 g/mol. The molecule has 1 fully saturated rings. The molecule has 8 heteroatoms. The van der Waals surface area contributed by atoms with Crippen molar-refractivity contribution in [2.45, 2.75) is 51.0 Å². The number of amides is 2. The summed E-state index contributed by atoms with van der Waals surface area (Å²) in [5, 5.41) is 19.7. The van der Waals surface area contributed by atoms with E-state index in [9.17, 15) is 24.6 Å². The number of hydrogen-bond acceptors (Lipinski definition) is 5. The van der Waals surface area contributed by atoms with Crippen molar-refractivity contribution in [3.05, 3.63) is 12.2 Å². The summed E-state index contributed by atoms with van der Waals surface area (Å²) in [6.07, 6.45) is 0.990. The molecule has 0 saturated carbocycles. The van der Waals surface area contributed by atoms with Gasteiger partial charge >= 0.3 is 12.1 Å². The molecule has 0 spiro atoms. The third kappa shape index (κ3) is 3.31. The Morgan fingerprint density at radius 2 is 2.04 bits per heavy atom. The fourth-order valence-corrected chi connectivity index (χ4v) is 2.92. The Hall–Kier alpha value is -2.09. The summed E-state index contributed by atoms with van der Waals surface area (Å²) in [5.74, 6) is -1.83. The standard InChI is InChI=1S/C15H22N2O6/c1-14(2,3)23-13(22)16-8-4-7-15(9-16,12(20)21)17-10(18)5-6-11(17)19/h5-6,10,18H,4,7-9H2,1-3H3,(H,20,21). The van der Waals surface area contributed by atoms with E-state index in [-0.39, 0.29) is 13.0 Å². The molecule has 2 heterocycles. The maximum Gasteiger partial charge on any atom is 0.410 e. The number of aliphatic hydroxyl groups is 1. The molecule has 0 aliphatic carbocycles. The fourth-order valence-electron chi connectivity index (χ4n) is 2.92. The highest BCUT2D eigenvalue weighted by atomic mass is 16.6. The Kier molecular flexibility index (Phi) is 4.39. The lowest BCUT2D eigenvalue weighted by molar-refractivity contribution is -0.169. The van der Waals surface area contributed by atoms with Gasteiger partial charge in [0.1, 0.15) is 11.8 Å². The normalized spacial score (nSPS) is 28.2. The van der Waals surface area contributed by atoms with E-state index in [1.165, 1.54) is 11.0 Å². The first kappa shape index (κ1) is 17.3. The van der Waals surface area contributed by atoms with Crippen LogP contribution in [0, 0.1) is 0 Å². The van der Waals surface area contributed by atoms with Gasteiger partial charge in [-0.1, -0.05) is 0 Å². The molecule has 0 bridgehead atoms. The molecule has 2 unspecified atom stereocenters. The van der Waals surface area contributed by atoms with E-state index in [0.29, 0.717) is 13.0 Å². The first-order chi connectivity index (χ1) is 10.6. The highest BCUT2D eigenvalue weighted by molar-refractivity contribution is 5.96. The van der Waals surface area contributed by atoms with Crippen molar-refractivity contribution in [1.82, 2.24) is 9.80 Å². The van der Waals surface area contributed by atoms with Crippen LogP contribution < -0.4 is 0 Å². The van der Waals surface area contributed by atoms with E-state index in [2.05, 4.69) is 0 Å². The third-order valence-corrected chi connectivity index (χ3v) is 3.89. The predicted molar refractivity (Wildman–Crippen MR) is 79.4 cm³/mol. The lowest BCUT2D eigenvalue weighted by Crippen LogP contribution is -2.66. The van der Waals surface area contributed by atoms with Crippen LogP contribution in [0.2, 0.25) is 0 Å². The Labute approximate surface area is 134 Å². The quantitative estimate of drug-likeness (QED) is 0.767. The van der Waals surface area contributed by atoms with Crippen LogP contribution in [0.1, 0.15) is 33.6 Å². The van der Waals surface area contributed by atoms with Crippen molar-refractivity contribution < 1.29 is 29.3 Å². The van der Waals surface area contributed by atoms with Crippen LogP contribution >= 0.6 is 0 Å². The molecule has 0 aromatic carbocycles. The highest BCUT2D eigenvalue weighted by Crippen LogP contribution is 2.33. The summed E-state index contributed by atoms with van der Waals surface area (Å²) in [7, 11) is 0. The fraction of sp³-hybridized carbons (Fsp3) is 0.667. The summed E-state index contributed by atoms with van der Waals surface area (Å²) >= 11 is 0. The average Bonchev–Trinajstić information content (AvgIpc) is 2.76. The van der Waals surface area contributed by atoms with Gasteiger partial charge in [0.15, 0.2) is 5.54 Å². The van der Waals surface area contributed by atoms with Crippen LogP contribution in [0.5, 0.6) is 0 Å². The van der Waals surface area contributed by atoms with E-state index in [1.54, 1.807) is 20.8 Å². The number of nitrogens with zero attached hydrogens (tertiary/aromatic N) is 2. The van der Waals surface area contributed by atoms with Gasteiger partial charge in [0.05, 0.1) is 6.54 Å². The summed E-state index contributed by atoms with van der Waals surface area (Å²) in [6, 6.07) is 0. The maximum atomic E-state index is 12.2. The zero-order valence-corrected chi connectivity index (χ0v) is 13.5. The second-order valence-corrected chi connectivity index (χ2v) is 6.82. The van der Waals surface area contributed by atoms with Crippen molar-refractivity contribution in [3.63, 3.8) is 0 Å². The second kappa shape index (κ2) is 5.84. The molecule has 8 nitrogen and oxygen atoms in total. The summed E-state index contributed by atoms with van der Waals surface area (Å²) in [6.45, 7) is 5.28. The number of aliphatic carboxylic acids is 1. The molecule has 128 valence electrons. The van der Waals surface area contributed by atoms with Crippen LogP contribution in [-0.4, -0.2) is 68.4 Å². The SMILES string of the molecule is CC(C)(C)OC(=O)N1CCCC(C(=O)O)(N2C(=O)C=CC2O)C1. The molecule has 2 atom stereocenters. The van der Waals surface area contributed by atoms with Gasteiger partial charge < -0.3 is 19.8 Å². The number of piperidine rings is 1. The molecule has 0 aromatic heterocycles. The number of aliphatic hydroxyl groups excluding tert-OH is 1. The number of carbonyl (C=O) groups is 3. The molecule has 2 N–H and O–H groups in total. The summed E-state index contributed by atoms with van der Waals surface area (Å²) in [4.78, 5) is 38.3. The van der Waals surface area contributed by atoms with E-state index < -0.39 is 35.3 Å². The van der Waals surface area contributed by atoms with Gasteiger partial charge in [-0.15, -0.1) is 0 Å². The minimum absolute atomic E-state index is 0.159. The molecule has 1 saturated heterocycles. The number of carbonyl (C=O) groups excluding carboxylic acids is 2. The van der Waals surface area contributed by atoms with Gasteiger partial charge in [-0.3, -0.25) is 9.69 Å². The van der Waals surface area contributed by atoms with Crippen LogP contribution in [0.25, 0.3) is 0 Å². The Morgan fingerprint density at radius 3 is 2.52 bits per heavy atom. The molecule has 2 aliphatic heterocycles. The van der Waals surface area contributed by atoms with Crippen molar-refractivity contribution in [3.8, 4) is 0 Å². The average molecular weight is 326 g/mol. The van der Waals surface area contributed by atoms with Crippen LogP contribution in [-0.2, 0) is 14.3 Å². The molecule has 23 heavy (non-hydrogen) atoms. The van der Waals surface area contributed by atoms with Crippen LogP contribution in [0.15, 0.2) is 12.2 Å². The smallest absolute Gasteiger partial charge is 0.410 e. The van der Waals surface area contributed by atoms with E-state index in [0.717, 1.165) is 11.0 Å². The predicted octanol–water partition coefficient (Wildman–Crippen LogP) is 0.558. The van der Waals surface area contributed by atoms with E-state index in [1.807, 2.05) is 0 Å². The largest absolute Gasteiger partial charge is 0.479 e. The summed E-state index contributed by atoms with van der Waals surface area (Å²) < 4.78 is 5.28. The van der Waals surface area contributed by atoms with Crippen molar-refractivity contribution >= 4 is 18.0 Å². The zero-order valence-electron chi connectivity index (χ0n) is 13.5. The topological polar surface area (TPSA) is 107 Å². The van der Waals surface area contributed by atoms with Gasteiger partial charge in [-0.25, -0.2) is 9.59 Å². The maximum absolute atomic E-state index is 12.2. The molecule has 2 amide bonds. The highest BCUT2D eigenvalue weighted by Gasteiger charge is 2.53. The number of carboxylic acid groups (broad SMARTS) is 1. The van der Waals surface area contributed by atoms with Gasteiger partial charge in [-0.05, 0) is 39.7 Å². The van der Waals surface area contributed by atoms with Gasteiger partial charge in [-0.2, -0.15) is 0 Å². The van der Waals surface area contributed by atoms with Crippen molar-refractivity contribution in [2.75, 3.05) is 13.1 Å². The van der Waals surface area contributed by atoms with Crippen molar-refractivity contribution in [2.24, 2.45) is 0 Å². The minimum atomic E-state index is -1.66. The molecular formula is C15H22N2O6. The van der Waals surface area contributed by atoms with Crippen LogP contribution in [0.3, 0.4) is 0 Å². The first-order valence-corrected chi connectivity index (χ1v) is 7.48. The lowest BCUT2D eigenvalue weighted by Gasteiger charge is -2.46. The monoisotopic (exact) mass is 326 g/mol. The number of likely N-dealkylation sites (tertiary alicyclic amines) is 1. The summed E-state index contributed by atoms with van der Waals surface area (Å²) in [5.41, 5.74) is -2.36. The minimum Gasteiger partial charge on any atom is -0.479 e. The number of rotatable bonds is 2. The van der Waals surface area contributed by atoms with Crippen LogP contribution in [0.4, 0.5) is 4.79 Å². The number of carboxylic acids is 1. The molecule has 0 aromatic rings. The van der Waals surface area contributed by atoms with Gasteiger partial charge in [0.2, 0.25) is 5.91 Å². The number of ether oxygens (including phenoxy) is 1. The van der Waals surface area contributed by atoms with Gasteiger partial charge in [0.25, 0.3) is 0 Å². The third-order valence-electron chi connectivity index (χ3n) is 3.89. The molecule has 2 rings (SSSR count). The molecule has 2 aliphatic rings. The van der Waals surface area contributed by atoms with Crippen molar-refractivity contribution in [1.29, 1.82) is 0 Å². The lowest BCUT2D eigenvalue weighted by atomic mass is 9.87. The van der Waals surface area contributed by atoms with E-state index in [4.69, 9.17) is 4.74 Å². The Morgan fingerprint density at radius 1 is 1.39 bits per heavy atom. The van der Waals surface area contributed by atoms with Gasteiger partial charge in [0, 0.05) is 12.6 Å².